The molecule has 0 spiro atoms. The average molecular weight is 205 g/mol. The number of β-amino-alcohol motifs (C(OH)–C–C–N with tert-alkyl or cyclic N) is 1. The van der Waals surface area contributed by atoms with E-state index in [2.05, 4.69) is 5.32 Å². The van der Waals surface area contributed by atoms with Gasteiger partial charge in [0, 0.05) is 18.5 Å². The molecular formula is C8H15NO5. The summed E-state index contributed by atoms with van der Waals surface area (Å²) >= 11 is 0. The summed E-state index contributed by atoms with van der Waals surface area (Å²) < 4.78 is 0. The zero-order chi connectivity index (χ0) is 10.5. The Labute approximate surface area is 80.8 Å². The molecule has 0 bridgehead atoms. The number of piperidine rings is 1. The molecule has 2 rings (SSSR count). The van der Waals surface area contributed by atoms with Crippen LogP contribution in [0.3, 0.4) is 0 Å². The molecule has 0 aromatic carbocycles. The van der Waals surface area contributed by atoms with Crippen molar-refractivity contribution >= 4 is 0 Å². The molecule has 6 N–H and O–H groups in total. The standard InChI is InChI=1S/C8H15NO5/c10-2-1-9-4-3(5(2)11)6(12)8(14)7(4)13/h2-14H,1H2/t2-,3-,4+,5+,6+,7-,8-/m0/s1. The molecule has 6 heteroatoms. The third-order valence-electron chi connectivity index (χ3n) is 3.23. The van der Waals surface area contributed by atoms with Gasteiger partial charge in [-0.15, -0.1) is 0 Å². The van der Waals surface area contributed by atoms with Crippen LogP contribution in [-0.4, -0.2) is 68.6 Å². The van der Waals surface area contributed by atoms with E-state index < -0.39 is 42.5 Å². The number of rotatable bonds is 0. The third-order valence-corrected chi connectivity index (χ3v) is 3.23. The second-order valence-corrected chi connectivity index (χ2v) is 4.04. The SMILES string of the molecule is O[C@@H]1[C@@H](O)[C@@H]2NC[C@H](O)[C@@H](O)[C@H]2[C@H]1O. The Bertz CT molecular complexity index is 222. The highest BCUT2D eigenvalue weighted by Crippen LogP contribution is 2.33. The Morgan fingerprint density at radius 2 is 1.43 bits per heavy atom. The molecule has 2 aliphatic rings. The molecule has 6 nitrogen and oxygen atoms in total. The molecule has 1 heterocycles. The first-order chi connectivity index (χ1) is 6.54. The van der Waals surface area contributed by atoms with Gasteiger partial charge < -0.3 is 30.8 Å². The van der Waals surface area contributed by atoms with E-state index in [-0.39, 0.29) is 6.54 Å². The van der Waals surface area contributed by atoms with Crippen LogP contribution in [-0.2, 0) is 0 Å². The maximum atomic E-state index is 9.58. The summed E-state index contributed by atoms with van der Waals surface area (Å²) in [5, 5.41) is 50.1. The van der Waals surface area contributed by atoms with E-state index in [1.807, 2.05) is 0 Å². The van der Waals surface area contributed by atoms with Crippen molar-refractivity contribution < 1.29 is 25.5 Å². The van der Waals surface area contributed by atoms with Crippen molar-refractivity contribution in [3.05, 3.63) is 0 Å². The minimum Gasteiger partial charge on any atom is -0.390 e. The van der Waals surface area contributed by atoms with Crippen molar-refractivity contribution in [2.45, 2.75) is 36.6 Å². The van der Waals surface area contributed by atoms with Crippen molar-refractivity contribution in [3.63, 3.8) is 0 Å². The molecule has 0 aromatic heterocycles. The zero-order valence-electron chi connectivity index (χ0n) is 7.48. The second kappa shape index (κ2) is 3.41. The third kappa shape index (κ3) is 1.27. The Morgan fingerprint density at radius 1 is 0.786 bits per heavy atom. The summed E-state index contributed by atoms with van der Waals surface area (Å²) in [7, 11) is 0. The van der Waals surface area contributed by atoms with Crippen molar-refractivity contribution in [1.29, 1.82) is 0 Å². The van der Waals surface area contributed by atoms with Crippen molar-refractivity contribution in [2.24, 2.45) is 5.92 Å². The fraction of sp³-hybridized carbons (Fsp3) is 1.00. The predicted molar refractivity (Wildman–Crippen MR) is 45.3 cm³/mol. The molecule has 1 aliphatic carbocycles. The molecule has 0 unspecified atom stereocenters. The second-order valence-electron chi connectivity index (χ2n) is 4.04. The van der Waals surface area contributed by atoms with E-state index >= 15 is 0 Å². The van der Waals surface area contributed by atoms with E-state index in [9.17, 15) is 25.5 Å². The molecule has 2 fully saturated rings. The minimum atomic E-state index is -1.27. The van der Waals surface area contributed by atoms with Crippen molar-refractivity contribution in [3.8, 4) is 0 Å². The van der Waals surface area contributed by atoms with Gasteiger partial charge in [0.25, 0.3) is 0 Å². The largest absolute Gasteiger partial charge is 0.390 e. The number of aliphatic hydroxyl groups is 5. The average Bonchev–Trinajstić information content (AvgIpc) is 2.38. The maximum absolute atomic E-state index is 9.58. The van der Waals surface area contributed by atoms with Crippen LogP contribution in [0.25, 0.3) is 0 Å². The number of hydrogen-bond acceptors (Lipinski definition) is 6. The van der Waals surface area contributed by atoms with E-state index in [4.69, 9.17) is 0 Å². The number of nitrogens with one attached hydrogen (secondary N) is 1. The topological polar surface area (TPSA) is 113 Å². The molecule has 14 heavy (non-hydrogen) atoms. The molecule has 82 valence electrons. The van der Waals surface area contributed by atoms with Gasteiger partial charge in [-0.3, -0.25) is 0 Å². The highest BCUT2D eigenvalue weighted by atomic mass is 16.4. The minimum absolute atomic E-state index is 0.152. The molecule has 0 aromatic rings. The van der Waals surface area contributed by atoms with Crippen LogP contribution in [0.2, 0.25) is 0 Å². The van der Waals surface area contributed by atoms with Crippen LogP contribution < -0.4 is 5.32 Å². The summed E-state index contributed by atoms with van der Waals surface area (Å²) in [6.45, 7) is 0.152. The Hall–Kier alpha value is -0.240. The van der Waals surface area contributed by atoms with Gasteiger partial charge in [-0.05, 0) is 0 Å². The first-order valence-electron chi connectivity index (χ1n) is 4.67. The van der Waals surface area contributed by atoms with Crippen LogP contribution in [0.4, 0.5) is 0 Å². The monoisotopic (exact) mass is 205 g/mol. The summed E-state index contributed by atoms with van der Waals surface area (Å²) in [5.74, 6) is -0.719. The van der Waals surface area contributed by atoms with Crippen LogP contribution in [0, 0.1) is 5.92 Å². The lowest BCUT2D eigenvalue weighted by atomic mass is 9.87. The number of hydrogen-bond donors (Lipinski definition) is 6. The van der Waals surface area contributed by atoms with Gasteiger partial charge in [-0.1, -0.05) is 0 Å². The van der Waals surface area contributed by atoms with Gasteiger partial charge in [0.05, 0.1) is 24.4 Å². The van der Waals surface area contributed by atoms with E-state index in [1.54, 1.807) is 0 Å². The number of aliphatic hydroxyl groups excluding tert-OH is 5. The highest BCUT2D eigenvalue weighted by Gasteiger charge is 2.54. The molecule has 0 radical (unpaired) electrons. The summed E-state index contributed by atoms with van der Waals surface area (Å²) in [5.41, 5.74) is 0. The van der Waals surface area contributed by atoms with Gasteiger partial charge in [0.2, 0.25) is 0 Å². The Morgan fingerprint density at radius 3 is 2.07 bits per heavy atom. The molecule has 1 saturated heterocycles. The molecular weight excluding hydrogens is 190 g/mol. The Balaban J connectivity index is 2.21. The lowest BCUT2D eigenvalue weighted by molar-refractivity contribution is -0.0855. The lowest BCUT2D eigenvalue weighted by Crippen LogP contribution is -2.58. The molecule has 1 aliphatic heterocycles. The normalized spacial score (nSPS) is 58.5. The zero-order valence-corrected chi connectivity index (χ0v) is 7.48. The molecule has 0 amide bonds. The van der Waals surface area contributed by atoms with E-state index in [0.717, 1.165) is 0 Å². The van der Waals surface area contributed by atoms with Gasteiger partial charge >= 0.3 is 0 Å². The van der Waals surface area contributed by atoms with Gasteiger partial charge in [-0.2, -0.15) is 0 Å². The van der Waals surface area contributed by atoms with Crippen molar-refractivity contribution in [2.75, 3.05) is 6.54 Å². The summed E-state index contributed by atoms with van der Waals surface area (Å²) in [4.78, 5) is 0. The van der Waals surface area contributed by atoms with E-state index in [0.29, 0.717) is 0 Å². The fourth-order valence-corrected chi connectivity index (χ4v) is 2.39. The van der Waals surface area contributed by atoms with Gasteiger partial charge in [0.15, 0.2) is 0 Å². The van der Waals surface area contributed by atoms with E-state index in [1.165, 1.54) is 0 Å². The van der Waals surface area contributed by atoms with Crippen LogP contribution >= 0.6 is 0 Å². The van der Waals surface area contributed by atoms with Crippen LogP contribution in [0.5, 0.6) is 0 Å². The maximum Gasteiger partial charge on any atom is 0.108 e. The first kappa shape index (κ1) is 10.3. The summed E-state index contributed by atoms with van der Waals surface area (Å²) in [6, 6.07) is -0.557. The Kier molecular flexibility index (Phi) is 2.50. The molecule has 7 atom stereocenters. The lowest BCUT2D eigenvalue weighted by Gasteiger charge is -2.36. The van der Waals surface area contributed by atoms with Gasteiger partial charge in [-0.25, -0.2) is 0 Å². The summed E-state index contributed by atoms with van der Waals surface area (Å²) in [6.07, 6.45) is -5.64. The van der Waals surface area contributed by atoms with Crippen LogP contribution in [0.1, 0.15) is 0 Å². The highest BCUT2D eigenvalue weighted by molar-refractivity contribution is 5.08. The smallest absolute Gasteiger partial charge is 0.108 e. The van der Waals surface area contributed by atoms with Gasteiger partial charge in [0.1, 0.15) is 6.10 Å². The first-order valence-corrected chi connectivity index (χ1v) is 4.67. The fourth-order valence-electron chi connectivity index (χ4n) is 2.39. The number of fused-ring (bicyclic) bond motifs is 1. The molecule has 1 saturated carbocycles. The van der Waals surface area contributed by atoms with Crippen LogP contribution in [0.15, 0.2) is 0 Å². The van der Waals surface area contributed by atoms with Crippen molar-refractivity contribution in [1.82, 2.24) is 5.32 Å². The predicted octanol–water partition coefficient (Wildman–Crippen LogP) is -3.61. The quantitative estimate of drug-likeness (QED) is 0.243.